The van der Waals surface area contributed by atoms with Gasteiger partial charge in [0.2, 0.25) is 0 Å². The molecule has 0 aliphatic carbocycles. The van der Waals surface area contributed by atoms with E-state index in [1.807, 2.05) is 0 Å². The zero-order valence-corrected chi connectivity index (χ0v) is 16.9. The third kappa shape index (κ3) is 5.65. The number of nitrogens with one attached hydrogen (secondary N) is 1. The Bertz CT molecular complexity index is 832. The number of carbonyl (C=O) groups is 3. The summed E-state index contributed by atoms with van der Waals surface area (Å²) in [5.41, 5.74) is -0.643. The van der Waals surface area contributed by atoms with Crippen LogP contribution in [0.1, 0.15) is 18.9 Å². The third-order valence-corrected chi connectivity index (χ3v) is 4.79. The molecular weight excluding hydrogens is 427 g/mol. The molecule has 0 radical (unpaired) electrons. The van der Waals surface area contributed by atoms with E-state index in [2.05, 4.69) is 11.9 Å². The zero-order valence-electron chi connectivity index (χ0n) is 16.2. The summed E-state index contributed by atoms with van der Waals surface area (Å²) in [6, 6.07) is 2.28. The SMILES string of the molecule is C=CCN1CC(=O)N(COC(=O)C(CC)CNc2ccc(C(F)(F)F)cc2Cl)C1=O. The molecule has 1 atom stereocenters. The van der Waals surface area contributed by atoms with Crippen molar-refractivity contribution in [2.24, 2.45) is 5.92 Å². The van der Waals surface area contributed by atoms with Gasteiger partial charge in [0.1, 0.15) is 6.54 Å². The lowest BCUT2D eigenvalue weighted by molar-refractivity contribution is -0.153. The van der Waals surface area contributed by atoms with Gasteiger partial charge in [-0.05, 0) is 24.6 Å². The summed E-state index contributed by atoms with van der Waals surface area (Å²) in [6.45, 7) is 4.84. The fourth-order valence-electron chi connectivity index (χ4n) is 2.73. The summed E-state index contributed by atoms with van der Waals surface area (Å²) in [5, 5.41) is 2.69. The third-order valence-electron chi connectivity index (χ3n) is 4.48. The van der Waals surface area contributed by atoms with Gasteiger partial charge in [0.15, 0.2) is 6.73 Å². The number of hydrogen-bond donors (Lipinski definition) is 1. The van der Waals surface area contributed by atoms with Gasteiger partial charge < -0.3 is 15.0 Å². The first-order chi connectivity index (χ1) is 14.1. The number of carbonyl (C=O) groups excluding carboxylic acids is 3. The Hall–Kier alpha value is -2.75. The largest absolute Gasteiger partial charge is 0.443 e. The number of imide groups is 1. The standard InChI is InChI=1S/C19H21ClF3N3O4/c1-3-7-25-10-16(27)26(18(25)29)11-30-17(28)12(4-2)9-24-15-6-5-13(8-14(15)20)19(21,22)23/h3,5-6,8,12,24H,1,4,7,9-11H2,2H3. The second-order valence-corrected chi connectivity index (χ2v) is 6.95. The van der Waals surface area contributed by atoms with E-state index in [9.17, 15) is 27.6 Å². The molecule has 30 heavy (non-hydrogen) atoms. The average Bonchev–Trinajstić information content (AvgIpc) is 2.94. The second kappa shape index (κ2) is 9.84. The quantitative estimate of drug-likeness (QED) is 0.354. The highest BCUT2D eigenvalue weighted by Gasteiger charge is 2.36. The van der Waals surface area contributed by atoms with Gasteiger partial charge in [-0.15, -0.1) is 6.58 Å². The van der Waals surface area contributed by atoms with E-state index in [0.29, 0.717) is 6.42 Å². The lowest BCUT2D eigenvalue weighted by atomic mass is 10.1. The molecule has 7 nitrogen and oxygen atoms in total. The Labute approximate surface area is 176 Å². The van der Waals surface area contributed by atoms with E-state index < -0.39 is 42.3 Å². The molecule has 1 N–H and O–H groups in total. The van der Waals surface area contributed by atoms with Gasteiger partial charge in [-0.2, -0.15) is 13.2 Å². The van der Waals surface area contributed by atoms with Crippen LogP contribution in [-0.2, 0) is 20.5 Å². The van der Waals surface area contributed by atoms with Gasteiger partial charge in [-0.25, -0.2) is 9.69 Å². The molecule has 1 aliphatic rings. The zero-order chi connectivity index (χ0) is 22.5. The number of amides is 3. The van der Waals surface area contributed by atoms with Crippen LogP contribution in [0.3, 0.4) is 0 Å². The minimum atomic E-state index is -4.51. The molecule has 1 fully saturated rings. The number of urea groups is 1. The molecule has 3 amide bonds. The molecule has 0 saturated carbocycles. The number of halogens is 4. The minimum Gasteiger partial charge on any atom is -0.443 e. The van der Waals surface area contributed by atoms with E-state index >= 15 is 0 Å². The number of ether oxygens (including phenoxy) is 1. The van der Waals surface area contributed by atoms with Crippen molar-refractivity contribution in [1.29, 1.82) is 0 Å². The predicted octanol–water partition coefficient (Wildman–Crippen LogP) is 3.75. The molecule has 1 heterocycles. The highest BCUT2D eigenvalue weighted by Crippen LogP contribution is 2.33. The predicted molar refractivity (Wildman–Crippen MR) is 104 cm³/mol. The van der Waals surface area contributed by atoms with Gasteiger partial charge in [0.05, 0.1) is 22.2 Å². The van der Waals surface area contributed by atoms with Gasteiger partial charge in [0, 0.05) is 13.1 Å². The Morgan fingerprint density at radius 1 is 1.40 bits per heavy atom. The maximum Gasteiger partial charge on any atom is 0.416 e. The lowest BCUT2D eigenvalue weighted by Gasteiger charge is -2.19. The van der Waals surface area contributed by atoms with Crippen molar-refractivity contribution in [2.75, 3.05) is 31.7 Å². The molecule has 0 bridgehead atoms. The molecule has 164 valence electrons. The van der Waals surface area contributed by atoms with Crippen LogP contribution in [0.15, 0.2) is 30.9 Å². The summed E-state index contributed by atoms with van der Waals surface area (Å²) in [5.74, 6) is -1.81. The maximum atomic E-state index is 12.7. The summed E-state index contributed by atoms with van der Waals surface area (Å²) in [6.07, 6.45) is -2.68. The summed E-state index contributed by atoms with van der Waals surface area (Å²) >= 11 is 5.89. The van der Waals surface area contributed by atoms with Crippen LogP contribution in [0.2, 0.25) is 5.02 Å². The molecule has 0 aromatic heterocycles. The normalized spacial score (nSPS) is 15.4. The Morgan fingerprint density at radius 3 is 2.67 bits per heavy atom. The van der Waals surface area contributed by atoms with Crippen LogP contribution in [0.25, 0.3) is 0 Å². The van der Waals surface area contributed by atoms with Gasteiger partial charge in [0.25, 0.3) is 5.91 Å². The summed E-state index contributed by atoms with van der Waals surface area (Å²) in [7, 11) is 0. The fourth-order valence-corrected chi connectivity index (χ4v) is 2.98. The molecule has 11 heteroatoms. The van der Waals surface area contributed by atoms with Crippen molar-refractivity contribution < 1.29 is 32.3 Å². The number of nitrogens with zero attached hydrogens (tertiary/aromatic N) is 2. The topological polar surface area (TPSA) is 79.0 Å². The molecule has 1 aromatic rings. The molecule has 2 rings (SSSR count). The van der Waals surface area contributed by atoms with Crippen molar-refractivity contribution in [3.63, 3.8) is 0 Å². The number of hydrogen-bond acceptors (Lipinski definition) is 5. The summed E-state index contributed by atoms with van der Waals surface area (Å²) < 4.78 is 43.2. The number of alkyl halides is 3. The Morgan fingerprint density at radius 2 is 2.10 bits per heavy atom. The Balaban J connectivity index is 1.92. The first kappa shape index (κ1) is 23.5. The van der Waals surface area contributed by atoms with Gasteiger partial charge in [-0.1, -0.05) is 24.6 Å². The minimum absolute atomic E-state index is 0.0465. The first-order valence-electron chi connectivity index (χ1n) is 9.05. The fraction of sp³-hybridized carbons (Fsp3) is 0.421. The van der Waals surface area contributed by atoms with Crippen molar-refractivity contribution in [3.8, 4) is 0 Å². The van der Waals surface area contributed by atoms with Crippen LogP contribution in [0.5, 0.6) is 0 Å². The van der Waals surface area contributed by atoms with Crippen LogP contribution in [0.4, 0.5) is 23.7 Å². The van der Waals surface area contributed by atoms with E-state index in [-0.39, 0.29) is 30.3 Å². The van der Waals surface area contributed by atoms with Crippen LogP contribution < -0.4 is 5.32 Å². The number of benzene rings is 1. The molecular formula is C19H21ClF3N3O4. The van der Waals surface area contributed by atoms with Crippen molar-refractivity contribution in [2.45, 2.75) is 19.5 Å². The number of anilines is 1. The number of rotatable bonds is 9. The molecule has 0 spiro atoms. The van der Waals surface area contributed by atoms with E-state index in [4.69, 9.17) is 16.3 Å². The van der Waals surface area contributed by atoms with Crippen LogP contribution in [0, 0.1) is 5.92 Å². The Kier molecular flexibility index (Phi) is 7.71. The smallest absolute Gasteiger partial charge is 0.416 e. The monoisotopic (exact) mass is 447 g/mol. The lowest BCUT2D eigenvalue weighted by Crippen LogP contribution is -2.37. The van der Waals surface area contributed by atoms with Gasteiger partial charge in [-0.3, -0.25) is 9.59 Å². The van der Waals surface area contributed by atoms with Crippen LogP contribution in [-0.4, -0.2) is 54.1 Å². The highest BCUT2D eigenvalue weighted by molar-refractivity contribution is 6.33. The van der Waals surface area contributed by atoms with Crippen molar-refractivity contribution >= 4 is 35.2 Å². The average molecular weight is 448 g/mol. The second-order valence-electron chi connectivity index (χ2n) is 6.54. The molecule has 1 saturated heterocycles. The van der Waals surface area contributed by atoms with Crippen LogP contribution >= 0.6 is 11.6 Å². The molecule has 1 aromatic carbocycles. The first-order valence-corrected chi connectivity index (χ1v) is 9.43. The van der Waals surface area contributed by atoms with E-state index in [0.717, 1.165) is 17.0 Å². The van der Waals surface area contributed by atoms with Crippen molar-refractivity contribution in [1.82, 2.24) is 9.80 Å². The molecule has 1 aliphatic heterocycles. The van der Waals surface area contributed by atoms with E-state index in [1.165, 1.54) is 17.0 Å². The van der Waals surface area contributed by atoms with Gasteiger partial charge >= 0.3 is 18.2 Å². The molecule has 1 unspecified atom stereocenters. The number of esters is 1. The maximum absolute atomic E-state index is 12.7. The summed E-state index contributed by atoms with van der Waals surface area (Å²) in [4.78, 5) is 38.4. The van der Waals surface area contributed by atoms with E-state index in [1.54, 1.807) is 6.92 Å². The van der Waals surface area contributed by atoms with Crippen molar-refractivity contribution in [3.05, 3.63) is 41.4 Å². The highest BCUT2D eigenvalue weighted by atomic mass is 35.5.